The first-order valence-electron chi connectivity index (χ1n) is 38.2. The van der Waals surface area contributed by atoms with E-state index < -0.39 is 97.5 Å². The summed E-state index contributed by atoms with van der Waals surface area (Å²) in [5.41, 5.74) is 0. The van der Waals surface area contributed by atoms with Crippen LogP contribution in [0.15, 0.2) is 72.9 Å². The molecule has 19 heteroatoms. The highest BCUT2D eigenvalue weighted by Gasteiger charge is 2.30. The first-order valence-corrected chi connectivity index (χ1v) is 41.2. The summed E-state index contributed by atoms with van der Waals surface area (Å²) in [5.74, 6) is -2.19. The van der Waals surface area contributed by atoms with Crippen LogP contribution < -0.4 is 0 Å². The van der Waals surface area contributed by atoms with Crippen LogP contribution in [0.3, 0.4) is 0 Å². The number of unbranched alkanes of at least 4 members (excludes halogenated alkanes) is 34. The fourth-order valence-corrected chi connectivity index (χ4v) is 11.9. The van der Waals surface area contributed by atoms with E-state index in [-0.39, 0.29) is 25.7 Å². The third-order valence-electron chi connectivity index (χ3n) is 16.2. The van der Waals surface area contributed by atoms with Crippen molar-refractivity contribution in [3.8, 4) is 0 Å². The van der Waals surface area contributed by atoms with Crippen LogP contribution in [-0.2, 0) is 65.4 Å². The largest absolute Gasteiger partial charge is 0.472 e. The predicted molar refractivity (Wildman–Crippen MR) is 390 cm³/mol. The van der Waals surface area contributed by atoms with Gasteiger partial charge in [-0.1, -0.05) is 274 Å². The summed E-state index contributed by atoms with van der Waals surface area (Å²) in [4.78, 5) is 72.8. The van der Waals surface area contributed by atoms with E-state index in [1.54, 1.807) is 0 Å². The third kappa shape index (κ3) is 69.0. The highest BCUT2D eigenvalue weighted by Crippen LogP contribution is 2.45. The Kier molecular flexibility index (Phi) is 67.4. The molecule has 558 valence electrons. The molecule has 0 rings (SSSR count). The van der Waals surface area contributed by atoms with Crippen LogP contribution >= 0.6 is 15.6 Å². The number of phosphoric acid groups is 2. The summed E-state index contributed by atoms with van der Waals surface area (Å²) >= 11 is 0. The monoisotopic (exact) mass is 1400 g/mol. The molecular formula is C77H138O17P2. The van der Waals surface area contributed by atoms with E-state index in [4.69, 9.17) is 37.0 Å². The standard InChI is InChI=1S/C77H138O17P2/c1-5-9-13-17-21-25-29-32-35-38-42-45-49-53-57-61-74(79)87-67-72(93-76(81)63-59-55-51-47-41-28-24-20-16-12-8-4)69-91-95(83,84)89-65-71(78)66-90-96(85,86)92-70-73(94-77(82)64-60-56-52-48-44-40-37-34-31-27-23-19-15-11-7-3)68-88-75(80)62-58-54-50-46-43-39-36-33-30-26-22-18-14-10-6-2/h10,14,20-22,24-26,32-33,35-36,71-73,78H,5-9,11-13,15-19,23,27-31,34,37-70H2,1-4H3,(H,83,84)(H,85,86)/b14-10-,24-20-,25-21-,26-22-,35-32-,36-33-. The number of aliphatic hydroxyl groups excluding tert-OH is 1. The quantitative estimate of drug-likeness (QED) is 0.0169. The molecule has 0 saturated carbocycles. The number of hydrogen-bond acceptors (Lipinski definition) is 15. The van der Waals surface area contributed by atoms with Crippen LogP contribution in [0, 0.1) is 0 Å². The number of phosphoric ester groups is 2. The van der Waals surface area contributed by atoms with E-state index in [9.17, 15) is 43.2 Å². The van der Waals surface area contributed by atoms with Crippen molar-refractivity contribution in [3.05, 3.63) is 72.9 Å². The first kappa shape index (κ1) is 92.5. The van der Waals surface area contributed by atoms with Gasteiger partial charge in [-0.2, -0.15) is 0 Å². The van der Waals surface area contributed by atoms with Gasteiger partial charge in [0.05, 0.1) is 26.4 Å². The molecule has 0 aliphatic heterocycles. The van der Waals surface area contributed by atoms with Gasteiger partial charge in [0.15, 0.2) is 12.2 Å². The minimum Gasteiger partial charge on any atom is -0.462 e. The molecule has 5 atom stereocenters. The molecule has 0 heterocycles. The molecule has 0 saturated heterocycles. The lowest BCUT2D eigenvalue weighted by Gasteiger charge is -2.21. The molecular weight excluding hydrogens is 1260 g/mol. The van der Waals surface area contributed by atoms with Gasteiger partial charge < -0.3 is 33.8 Å². The van der Waals surface area contributed by atoms with E-state index >= 15 is 0 Å². The number of hydrogen-bond donors (Lipinski definition) is 3. The Balaban J connectivity index is 5.32. The number of rotatable bonds is 72. The van der Waals surface area contributed by atoms with Gasteiger partial charge in [-0.3, -0.25) is 37.3 Å². The van der Waals surface area contributed by atoms with Crippen molar-refractivity contribution in [2.45, 2.75) is 354 Å². The number of esters is 4. The zero-order valence-corrected chi connectivity index (χ0v) is 62.6. The van der Waals surface area contributed by atoms with E-state index in [1.165, 1.54) is 96.3 Å². The van der Waals surface area contributed by atoms with Crippen LogP contribution in [0.25, 0.3) is 0 Å². The molecule has 0 aromatic rings. The molecule has 17 nitrogen and oxygen atoms in total. The summed E-state index contributed by atoms with van der Waals surface area (Å²) in [6, 6.07) is 0. The molecule has 5 unspecified atom stereocenters. The van der Waals surface area contributed by atoms with E-state index in [1.807, 2.05) is 0 Å². The lowest BCUT2D eigenvalue weighted by molar-refractivity contribution is -0.161. The van der Waals surface area contributed by atoms with Gasteiger partial charge in [-0.15, -0.1) is 0 Å². The topological polar surface area (TPSA) is 237 Å². The van der Waals surface area contributed by atoms with Crippen LogP contribution in [-0.4, -0.2) is 96.7 Å². The Morgan fingerprint density at radius 3 is 0.896 bits per heavy atom. The third-order valence-corrected chi connectivity index (χ3v) is 18.1. The van der Waals surface area contributed by atoms with Gasteiger partial charge in [0.1, 0.15) is 19.3 Å². The number of carbonyl (C=O) groups excluding carboxylic acids is 4. The van der Waals surface area contributed by atoms with Crippen molar-refractivity contribution in [3.63, 3.8) is 0 Å². The molecule has 0 amide bonds. The van der Waals surface area contributed by atoms with Gasteiger partial charge in [0, 0.05) is 25.7 Å². The Labute approximate surface area is 583 Å². The second-order valence-corrected chi connectivity index (χ2v) is 28.5. The highest BCUT2D eigenvalue weighted by atomic mass is 31.2. The molecule has 0 aliphatic carbocycles. The van der Waals surface area contributed by atoms with Crippen molar-refractivity contribution in [2.75, 3.05) is 39.6 Å². The van der Waals surface area contributed by atoms with E-state index in [2.05, 4.69) is 101 Å². The fraction of sp³-hybridized carbons (Fsp3) is 0.792. The lowest BCUT2D eigenvalue weighted by Crippen LogP contribution is -2.30. The van der Waals surface area contributed by atoms with Gasteiger partial charge >= 0.3 is 39.5 Å². The zero-order valence-electron chi connectivity index (χ0n) is 60.8. The highest BCUT2D eigenvalue weighted by molar-refractivity contribution is 7.47. The average molecular weight is 1400 g/mol. The van der Waals surface area contributed by atoms with Crippen molar-refractivity contribution in [1.29, 1.82) is 0 Å². The zero-order chi connectivity index (χ0) is 70.4. The molecule has 3 N–H and O–H groups in total. The second kappa shape index (κ2) is 70.0. The molecule has 0 spiro atoms. The van der Waals surface area contributed by atoms with E-state index in [0.717, 1.165) is 161 Å². The van der Waals surface area contributed by atoms with Gasteiger partial charge in [-0.05, 0) is 109 Å². The van der Waals surface area contributed by atoms with Gasteiger partial charge in [-0.25, -0.2) is 9.13 Å². The summed E-state index contributed by atoms with van der Waals surface area (Å²) < 4.78 is 68.4. The molecule has 0 fully saturated rings. The second-order valence-electron chi connectivity index (χ2n) is 25.6. The maximum absolute atomic E-state index is 13.1. The average Bonchev–Trinajstić information content (AvgIpc) is 1.09. The fourth-order valence-electron chi connectivity index (χ4n) is 10.3. The summed E-state index contributed by atoms with van der Waals surface area (Å²) in [6.45, 7) is 4.69. The molecule has 0 aliphatic rings. The Bertz CT molecular complexity index is 2110. The maximum atomic E-state index is 13.1. The Morgan fingerprint density at radius 2 is 0.552 bits per heavy atom. The minimum atomic E-state index is -4.97. The van der Waals surface area contributed by atoms with Gasteiger partial charge in [0.2, 0.25) is 0 Å². The van der Waals surface area contributed by atoms with Crippen LogP contribution in [0.4, 0.5) is 0 Å². The molecule has 0 bridgehead atoms. The van der Waals surface area contributed by atoms with Crippen molar-refractivity contribution in [1.82, 2.24) is 0 Å². The van der Waals surface area contributed by atoms with Gasteiger partial charge in [0.25, 0.3) is 0 Å². The smallest absolute Gasteiger partial charge is 0.462 e. The van der Waals surface area contributed by atoms with Crippen molar-refractivity contribution >= 4 is 39.5 Å². The van der Waals surface area contributed by atoms with Crippen LogP contribution in [0.1, 0.15) is 336 Å². The van der Waals surface area contributed by atoms with E-state index in [0.29, 0.717) is 25.7 Å². The number of carbonyl (C=O) groups is 4. The van der Waals surface area contributed by atoms with Crippen LogP contribution in [0.2, 0.25) is 0 Å². The van der Waals surface area contributed by atoms with Crippen molar-refractivity contribution < 1.29 is 80.2 Å². The van der Waals surface area contributed by atoms with Crippen molar-refractivity contribution in [2.24, 2.45) is 0 Å². The minimum absolute atomic E-state index is 0.0837. The molecule has 96 heavy (non-hydrogen) atoms. The summed E-state index contributed by atoms with van der Waals surface area (Å²) in [5, 5.41) is 10.6. The molecule has 0 aromatic carbocycles. The molecule has 0 radical (unpaired) electrons. The maximum Gasteiger partial charge on any atom is 0.472 e. The number of aliphatic hydroxyl groups is 1. The summed E-state index contributed by atoms with van der Waals surface area (Å²) in [7, 11) is -9.94. The predicted octanol–water partition coefficient (Wildman–Crippen LogP) is 21.7. The van der Waals surface area contributed by atoms with Crippen LogP contribution in [0.5, 0.6) is 0 Å². The molecule has 0 aromatic heterocycles. The number of ether oxygens (including phenoxy) is 4. The number of allylic oxidation sites excluding steroid dienone is 12. The Morgan fingerprint density at radius 1 is 0.302 bits per heavy atom. The first-order chi connectivity index (χ1) is 46.7. The Hall–Kier alpha value is -3.50. The summed E-state index contributed by atoms with van der Waals surface area (Å²) in [6.07, 6.45) is 68.9. The SMILES string of the molecule is CC/C=C\C/C=C\C/C=C\CCCCCCCC(=O)OCC(COP(=O)(O)OCC(O)COP(=O)(O)OCC(COC(=O)CCCCCCC/C=C\C/C=C\CCCCC)OC(=O)CCCCCCC/C=C\CCCC)OC(=O)CCCCCCCCCCCCCCCCC. The lowest BCUT2D eigenvalue weighted by atomic mass is 10.0. The normalized spacial score (nSPS) is 14.4.